The van der Waals surface area contributed by atoms with Gasteiger partial charge in [0.25, 0.3) is 5.91 Å². The molecule has 1 atom stereocenters. The van der Waals surface area contributed by atoms with Gasteiger partial charge >= 0.3 is 6.18 Å². The van der Waals surface area contributed by atoms with E-state index in [1.165, 1.54) is 24.3 Å². The molecule has 9 heteroatoms. The molecule has 0 bridgehead atoms. The summed E-state index contributed by atoms with van der Waals surface area (Å²) in [6.45, 7) is 0.820. The summed E-state index contributed by atoms with van der Waals surface area (Å²) in [5.74, 6) is -0.187. The molecule has 2 aromatic carbocycles. The number of likely N-dealkylation sites (tertiary alicyclic amines) is 1. The van der Waals surface area contributed by atoms with E-state index < -0.39 is 11.7 Å². The van der Waals surface area contributed by atoms with Crippen molar-refractivity contribution in [3.05, 3.63) is 71.4 Å². The SMILES string of the molecule is O=C(c1ccc(C(F)(F)F)cc1)N1CCCC(c2nc(-c3ccc(F)cc3)no2)C1. The fraction of sp³-hybridized carbons (Fsp3) is 0.286. The van der Waals surface area contributed by atoms with Gasteiger partial charge in [0.2, 0.25) is 11.7 Å². The Kier molecular flexibility index (Phi) is 5.27. The van der Waals surface area contributed by atoms with Gasteiger partial charge in [0.05, 0.1) is 11.5 Å². The van der Waals surface area contributed by atoms with Crippen LogP contribution < -0.4 is 0 Å². The third-order valence-electron chi connectivity index (χ3n) is 5.06. The minimum atomic E-state index is -4.45. The molecule has 0 radical (unpaired) electrons. The third kappa shape index (κ3) is 4.19. The number of halogens is 4. The zero-order valence-corrected chi connectivity index (χ0v) is 15.7. The first-order valence-electron chi connectivity index (χ1n) is 9.37. The Morgan fingerprint density at radius 1 is 1.07 bits per heavy atom. The number of alkyl halides is 3. The average Bonchev–Trinajstić information content (AvgIpc) is 3.24. The predicted octanol–water partition coefficient (Wildman–Crippen LogP) is 4.91. The number of benzene rings is 2. The van der Waals surface area contributed by atoms with Gasteiger partial charge in [0.15, 0.2) is 0 Å². The quantitative estimate of drug-likeness (QED) is 0.566. The van der Waals surface area contributed by atoms with Crippen LogP contribution in [0, 0.1) is 5.82 Å². The highest BCUT2D eigenvalue weighted by Gasteiger charge is 2.32. The molecule has 1 aliphatic heterocycles. The van der Waals surface area contributed by atoms with Crippen molar-refractivity contribution >= 4 is 5.91 Å². The molecular formula is C21H17F4N3O2. The molecule has 0 saturated carbocycles. The van der Waals surface area contributed by atoms with Crippen molar-refractivity contribution in [3.63, 3.8) is 0 Å². The van der Waals surface area contributed by atoms with E-state index in [0.717, 1.165) is 18.6 Å². The zero-order chi connectivity index (χ0) is 21.3. The number of amides is 1. The van der Waals surface area contributed by atoms with Crippen molar-refractivity contribution in [2.75, 3.05) is 13.1 Å². The molecule has 0 spiro atoms. The number of hydrogen-bond donors (Lipinski definition) is 0. The van der Waals surface area contributed by atoms with Crippen molar-refractivity contribution in [2.24, 2.45) is 0 Å². The maximum atomic E-state index is 13.1. The maximum absolute atomic E-state index is 13.1. The van der Waals surface area contributed by atoms with Crippen LogP contribution in [-0.4, -0.2) is 34.0 Å². The molecule has 4 rings (SSSR count). The number of rotatable bonds is 3. The van der Waals surface area contributed by atoms with E-state index in [1.807, 2.05) is 0 Å². The maximum Gasteiger partial charge on any atom is 0.416 e. The van der Waals surface area contributed by atoms with Crippen molar-refractivity contribution in [1.29, 1.82) is 0 Å². The molecule has 1 aliphatic rings. The highest BCUT2D eigenvalue weighted by molar-refractivity contribution is 5.94. The Bertz CT molecular complexity index is 1030. The number of aromatic nitrogens is 2. The van der Waals surface area contributed by atoms with Crippen LogP contribution in [0.25, 0.3) is 11.4 Å². The van der Waals surface area contributed by atoms with Gasteiger partial charge in [-0.25, -0.2) is 4.39 Å². The first-order chi connectivity index (χ1) is 14.3. The van der Waals surface area contributed by atoms with Crippen LogP contribution in [0.3, 0.4) is 0 Å². The fourth-order valence-electron chi connectivity index (χ4n) is 3.46. The zero-order valence-electron chi connectivity index (χ0n) is 15.7. The fourth-order valence-corrected chi connectivity index (χ4v) is 3.46. The molecule has 0 N–H and O–H groups in total. The van der Waals surface area contributed by atoms with Gasteiger partial charge in [-0.2, -0.15) is 18.2 Å². The van der Waals surface area contributed by atoms with Crippen molar-refractivity contribution in [1.82, 2.24) is 15.0 Å². The van der Waals surface area contributed by atoms with Crippen LogP contribution in [0.1, 0.15) is 40.6 Å². The number of piperidine rings is 1. The summed E-state index contributed by atoms with van der Waals surface area (Å²) in [7, 11) is 0. The Labute approximate surface area is 169 Å². The number of hydrogen-bond acceptors (Lipinski definition) is 4. The van der Waals surface area contributed by atoms with E-state index in [9.17, 15) is 22.4 Å². The van der Waals surface area contributed by atoms with Gasteiger partial charge < -0.3 is 9.42 Å². The van der Waals surface area contributed by atoms with Crippen LogP contribution in [-0.2, 0) is 6.18 Å². The molecule has 2 heterocycles. The number of carbonyl (C=O) groups is 1. The second-order valence-electron chi connectivity index (χ2n) is 7.13. The molecule has 1 fully saturated rings. The van der Waals surface area contributed by atoms with Crippen LogP contribution in [0.5, 0.6) is 0 Å². The van der Waals surface area contributed by atoms with Crippen molar-refractivity contribution in [2.45, 2.75) is 24.9 Å². The second kappa shape index (κ2) is 7.89. The number of nitrogens with zero attached hydrogens (tertiary/aromatic N) is 3. The summed E-state index contributed by atoms with van der Waals surface area (Å²) in [4.78, 5) is 18.7. The normalized spacial score (nSPS) is 17.2. The highest BCUT2D eigenvalue weighted by Crippen LogP contribution is 2.31. The highest BCUT2D eigenvalue weighted by atomic mass is 19.4. The van der Waals surface area contributed by atoms with E-state index in [-0.39, 0.29) is 23.2 Å². The Morgan fingerprint density at radius 2 is 1.77 bits per heavy atom. The standard InChI is InChI=1S/C21H17F4N3O2/c22-17-9-5-13(6-10-17)18-26-19(30-27-18)15-2-1-11-28(12-15)20(29)14-3-7-16(8-4-14)21(23,24)25/h3-10,15H,1-2,11-12H2. The molecule has 5 nitrogen and oxygen atoms in total. The third-order valence-corrected chi connectivity index (χ3v) is 5.06. The summed E-state index contributed by atoms with van der Waals surface area (Å²) in [6, 6.07) is 9.88. The molecule has 1 amide bonds. The van der Waals surface area contributed by atoms with Crippen molar-refractivity contribution in [3.8, 4) is 11.4 Å². The van der Waals surface area contributed by atoms with Crippen LogP contribution in [0.4, 0.5) is 17.6 Å². The predicted molar refractivity (Wildman–Crippen MR) is 99.0 cm³/mol. The Balaban J connectivity index is 1.47. The lowest BCUT2D eigenvalue weighted by molar-refractivity contribution is -0.137. The second-order valence-corrected chi connectivity index (χ2v) is 7.13. The molecule has 1 aromatic heterocycles. The van der Waals surface area contributed by atoms with Crippen LogP contribution in [0.15, 0.2) is 53.1 Å². The van der Waals surface area contributed by atoms with Crippen LogP contribution in [0.2, 0.25) is 0 Å². The van der Waals surface area contributed by atoms with Gasteiger partial charge in [-0.1, -0.05) is 5.16 Å². The average molecular weight is 419 g/mol. The van der Waals surface area contributed by atoms with Gasteiger partial charge in [-0.05, 0) is 61.4 Å². The van der Waals surface area contributed by atoms with E-state index in [0.29, 0.717) is 36.8 Å². The van der Waals surface area contributed by atoms with Gasteiger partial charge in [-0.15, -0.1) is 0 Å². The van der Waals surface area contributed by atoms with E-state index >= 15 is 0 Å². The Morgan fingerprint density at radius 3 is 2.43 bits per heavy atom. The minimum absolute atomic E-state index is 0.182. The van der Waals surface area contributed by atoms with E-state index in [4.69, 9.17) is 4.52 Å². The summed E-state index contributed by atoms with van der Waals surface area (Å²) in [5, 5.41) is 3.93. The summed E-state index contributed by atoms with van der Waals surface area (Å²) in [6.07, 6.45) is -3.01. The lowest BCUT2D eigenvalue weighted by Gasteiger charge is -2.31. The topological polar surface area (TPSA) is 59.2 Å². The molecule has 1 unspecified atom stereocenters. The van der Waals surface area contributed by atoms with Gasteiger partial charge in [0, 0.05) is 24.2 Å². The molecule has 30 heavy (non-hydrogen) atoms. The summed E-state index contributed by atoms with van der Waals surface area (Å²) < 4.78 is 56.6. The van der Waals surface area contributed by atoms with Gasteiger partial charge in [0.1, 0.15) is 5.82 Å². The first-order valence-corrected chi connectivity index (χ1v) is 9.37. The summed E-state index contributed by atoms with van der Waals surface area (Å²) in [5.41, 5.74) is 0.0100. The lowest BCUT2D eigenvalue weighted by Crippen LogP contribution is -2.39. The molecular weight excluding hydrogens is 402 g/mol. The first kappa shape index (κ1) is 20.1. The molecule has 1 saturated heterocycles. The lowest BCUT2D eigenvalue weighted by atomic mass is 9.97. The smallest absolute Gasteiger partial charge is 0.339 e. The number of carbonyl (C=O) groups excluding carboxylic acids is 1. The van der Waals surface area contributed by atoms with E-state index in [2.05, 4.69) is 10.1 Å². The van der Waals surface area contributed by atoms with Gasteiger partial charge in [-0.3, -0.25) is 4.79 Å². The molecule has 0 aliphatic carbocycles. The monoisotopic (exact) mass is 419 g/mol. The molecule has 3 aromatic rings. The van der Waals surface area contributed by atoms with Crippen molar-refractivity contribution < 1.29 is 26.9 Å². The molecule has 156 valence electrons. The van der Waals surface area contributed by atoms with E-state index in [1.54, 1.807) is 17.0 Å². The van der Waals surface area contributed by atoms with Crippen LogP contribution >= 0.6 is 0 Å². The Hall–Kier alpha value is -3.23. The minimum Gasteiger partial charge on any atom is -0.339 e. The largest absolute Gasteiger partial charge is 0.416 e. The summed E-state index contributed by atoms with van der Waals surface area (Å²) >= 11 is 0.